The second-order valence-corrected chi connectivity index (χ2v) is 6.92. The van der Waals surface area contributed by atoms with Crippen molar-refractivity contribution in [2.75, 3.05) is 6.54 Å². The average molecular weight is 406 g/mol. The molecule has 4 N–H and O–H groups in total. The molecule has 1 heterocycles. The van der Waals surface area contributed by atoms with Gasteiger partial charge in [0.05, 0.1) is 10.4 Å². The SMILES string of the molecule is NCCCn1[nH]c2c(ccc3cc(=O)c(-c4cccc([N+](=O)[O-])c4)cc32)c1C(=O)O. The average Bonchev–Trinajstić information content (AvgIpc) is 3.10. The highest BCUT2D eigenvalue weighted by molar-refractivity contribution is 6.12. The molecule has 0 amide bonds. The number of carboxylic acids is 1. The molecule has 1 aromatic heterocycles. The van der Waals surface area contributed by atoms with Gasteiger partial charge in [0, 0.05) is 35.0 Å². The van der Waals surface area contributed by atoms with Gasteiger partial charge in [-0.2, -0.15) is 0 Å². The van der Waals surface area contributed by atoms with E-state index in [4.69, 9.17) is 5.73 Å². The highest BCUT2D eigenvalue weighted by Gasteiger charge is 2.19. The van der Waals surface area contributed by atoms with E-state index in [0.717, 1.165) is 0 Å². The van der Waals surface area contributed by atoms with Crippen molar-refractivity contribution in [3.05, 3.63) is 74.6 Å². The van der Waals surface area contributed by atoms with Crippen LogP contribution < -0.4 is 11.2 Å². The number of benzene rings is 3. The maximum Gasteiger partial charge on any atom is 0.354 e. The number of nitrogens with two attached hydrogens (primary N) is 1. The molecule has 9 heteroatoms. The van der Waals surface area contributed by atoms with Crippen molar-refractivity contribution < 1.29 is 14.8 Å². The van der Waals surface area contributed by atoms with Gasteiger partial charge >= 0.3 is 5.97 Å². The Labute approximate surface area is 169 Å². The van der Waals surface area contributed by atoms with Gasteiger partial charge in [0.2, 0.25) is 0 Å². The highest BCUT2D eigenvalue weighted by atomic mass is 16.6. The molecule has 0 spiro atoms. The van der Waals surface area contributed by atoms with Crippen molar-refractivity contribution >= 4 is 33.3 Å². The first-order valence-electron chi connectivity index (χ1n) is 9.28. The molecule has 0 radical (unpaired) electrons. The Morgan fingerprint density at radius 1 is 1.17 bits per heavy atom. The first-order valence-corrected chi connectivity index (χ1v) is 9.28. The third-order valence-corrected chi connectivity index (χ3v) is 5.05. The molecule has 4 aromatic rings. The largest absolute Gasteiger partial charge is 0.477 e. The number of carbonyl (C=O) groups is 1. The van der Waals surface area contributed by atoms with Crippen LogP contribution in [0, 0.1) is 10.1 Å². The van der Waals surface area contributed by atoms with E-state index in [0.29, 0.717) is 52.3 Å². The number of aromatic amines is 1. The van der Waals surface area contributed by atoms with Crippen molar-refractivity contribution in [1.82, 2.24) is 9.78 Å². The molecule has 30 heavy (non-hydrogen) atoms. The van der Waals surface area contributed by atoms with E-state index in [1.54, 1.807) is 24.3 Å². The Balaban J connectivity index is 1.99. The fourth-order valence-corrected chi connectivity index (χ4v) is 3.67. The molecule has 0 unspecified atom stereocenters. The summed E-state index contributed by atoms with van der Waals surface area (Å²) in [5.41, 5.74) is 6.60. The minimum Gasteiger partial charge on any atom is -0.477 e. The number of nitrogens with one attached hydrogen (secondary N) is 1. The van der Waals surface area contributed by atoms with Gasteiger partial charge in [0.25, 0.3) is 5.69 Å². The van der Waals surface area contributed by atoms with Gasteiger partial charge in [-0.05, 0) is 42.1 Å². The van der Waals surface area contributed by atoms with E-state index in [1.165, 1.54) is 28.9 Å². The molecule has 152 valence electrons. The number of hydrogen-bond acceptors (Lipinski definition) is 5. The Bertz CT molecular complexity index is 1370. The van der Waals surface area contributed by atoms with Crippen molar-refractivity contribution in [3.63, 3.8) is 0 Å². The van der Waals surface area contributed by atoms with E-state index in [-0.39, 0.29) is 16.8 Å². The van der Waals surface area contributed by atoms with Gasteiger partial charge in [0.1, 0.15) is 0 Å². The molecule has 0 aliphatic carbocycles. The van der Waals surface area contributed by atoms with Crippen molar-refractivity contribution in [3.8, 4) is 11.1 Å². The number of nitrogens with zero attached hydrogens (tertiary/aromatic N) is 2. The summed E-state index contributed by atoms with van der Waals surface area (Å²) in [5, 5.41) is 25.7. The number of hydrogen-bond donors (Lipinski definition) is 3. The first kappa shape index (κ1) is 19.3. The van der Waals surface area contributed by atoms with E-state index in [9.17, 15) is 24.8 Å². The predicted molar refractivity (Wildman–Crippen MR) is 113 cm³/mol. The number of nitro groups is 1. The molecule has 0 bridgehead atoms. The molecule has 0 aliphatic heterocycles. The number of non-ortho nitro benzene ring substituents is 1. The van der Waals surface area contributed by atoms with Crippen LogP contribution in [-0.4, -0.2) is 32.3 Å². The molecule has 0 fully saturated rings. The zero-order valence-corrected chi connectivity index (χ0v) is 15.8. The smallest absolute Gasteiger partial charge is 0.354 e. The normalized spacial score (nSPS) is 11.2. The zero-order valence-electron chi connectivity index (χ0n) is 15.8. The van der Waals surface area contributed by atoms with Crippen LogP contribution in [0.25, 0.3) is 32.8 Å². The van der Waals surface area contributed by atoms with Crippen LogP contribution in [0.3, 0.4) is 0 Å². The lowest BCUT2D eigenvalue weighted by Gasteiger charge is -2.05. The number of nitro benzene ring substituents is 1. The van der Waals surface area contributed by atoms with E-state index >= 15 is 0 Å². The van der Waals surface area contributed by atoms with Crippen LogP contribution in [0.1, 0.15) is 16.9 Å². The van der Waals surface area contributed by atoms with Crippen LogP contribution in [0.15, 0.2) is 53.3 Å². The Kier molecular flexibility index (Phi) is 4.80. The van der Waals surface area contributed by atoms with Gasteiger partial charge in [-0.25, -0.2) is 4.79 Å². The van der Waals surface area contributed by atoms with Gasteiger partial charge < -0.3 is 10.8 Å². The molecular weight excluding hydrogens is 388 g/mol. The van der Waals surface area contributed by atoms with E-state index < -0.39 is 10.9 Å². The second kappa shape index (κ2) is 7.45. The molecule has 9 nitrogen and oxygen atoms in total. The van der Waals surface area contributed by atoms with Crippen LogP contribution >= 0.6 is 0 Å². The molecular formula is C21H18N4O5. The van der Waals surface area contributed by atoms with E-state index in [2.05, 4.69) is 5.10 Å². The number of H-pyrrole nitrogens is 1. The van der Waals surface area contributed by atoms with Crippen LogP contribution in [-0.2, 0) is 6.54 Å². The maximum absolute atomic E-state index is 12.7. The summed E-state index contributed by atoms with van der Waals surface area (Å²) in [7, 11) is 0. The Morgan fingerprint density at radius 2 is 1.97 bits per heavy atom. The number of aromatic nitrogens is 2. The standard InChI is InChI=1S/C21H18N4O5/c22-7-2-8-24-20(21(27)28)15-6-5-13-10-18(26)16(11-17(13)19(15)23-24)12-3-1-4-14(9-12)25(29)30/h1,3-6,9-11,23H,2,7-8,22H2,(H,27,28). The maximum atomic E-state index is 12.7. The number of aromatic carboxylic acids is 1. The number of rotatable bonds is 6. The van der Waals surface area contributed by atoms with Gasteiger partial charge in [-0.15, -0.1) is 0 Å². The first-order chi connectivity index (χ1) is 14.4. The van der Waals surface area contributed by atoms with Crippen molar-refractivity contribution in [2.24, 2.45) is 5.73 Å². The molecule has 4 rings (SSSR count). The molecule has 0 aliphatic rings. The Morgan fingerprint density at radius 3 is 2.67 bits per heavy atom. The fraction of sp³-hybridized carbons (Fsp3) is 0.143. The van der Waals surface area contributed by atoms with Crippen molar-refractivity contribution in [1.29, 1.82) is 0 Å². The lowest BCUT2D eigenvalue weighted by atomic mass is 9.98. The topological polar surface area (TPSA) is 144 Å². The summed E-state index contributed by atoms with van der Waals surface area (Å²) in [4.78, 5) is 35.1. The summed E-state index contributed by atoms with van der Waals surface area (Å²) in [6.45, 7) is 0.824. The molecule has 0 saturated heterocycles. The monoisotopic (exact) mass is 406 g/mol. The third kappa shape index (κ3) is 3.20. The number of aryl methyl sites for hydroxylation is 1. The lowest BCUT2D eigenvalue weighted by Crippen LogP contribution is -2.13. The summed E-state index contributed by atoms with van der Waals surface area (Å²) in [6, 6.07) is 12.3. The van der Waals surface area contributed by atoms with Crippen LogP contribution in [0.5, 0.6) is 0 Å². The summed E-state index contributed by atoms with van der Waals surface area (Å²) >= 11 is 0. The number of fused-ring (bicyclic) bond motifs is 3. The zero-order chi connectivity index (χ0) is 21.4. The third-order valence-electron chi connectivity index (χ3n) is 5.05. The summed E-state index contributed by atoms with van der Waals surface area (Å²) in [6.07, 6.45) is 0.597. The molecule has 0 atom stereocenters. The van der Waals surface area contributed by atoms with Crippen LogP contribution in [0.4, 0.5) is 5.69 Å². The van der Waals surface area contributed by atoms with Crippen LogP contribution in [0.2, 0.25) is 0 Å². The Hall–Kier alpha value is -3.98. The lowest BCUT2D eigenvalue weighted by molar-refractivity contribution is -0.384. The minimum atomic E-state index is -1.07. The number of carboxylic acid groups (broad SMARTS) is 1. The highest BCUT2D eigenvalue weighted by Crippen LogP contribution is 2.30. The predicted octanol–water partition coefficient (Wildman–Crippen LogP) is 3.11. The fourth-order valence-electron chi connectivity index (χ4n) is 3.67. The molecule has 3 aromatic carbocycles. The summed E-state index contributed by atoms with van der Waals surface area (Å²) in [5.74, 6) is -1.07. The van der Waals surface area contributed by atoms with Crippen molar-refractivity contribution in [2.45, 2.75) is 13.0 Å². The second-order valence-electron chi connectivity index (χ2n) is 6.92. The van der Waals surface area contributed by atoms with E-state index in [1.807, 2.05) is 0 Å². The van der Waals surface area contributed by atoms with Gasteiger partial charge in [-0.3, -0.25) is 24.7 Å². The summed E-state index contributed by atoms with van der Waals surface area (Å²) < 4.78 is 1.54. The minimum absolute atomic E-state index is 0.113. The molecule has 0 saturated carbocycles. The quantitative estimate of drug-likeness (QED) is 0.331. The van der Waals surface area contributed by atoms with Gasteiger partial charge in [-0.1, -0.05) is 18.2 Å². The van der Waals surface area contributed by atoms with Gasteiger partial charge in [0.15, 0.2) is 11.1 Å².